The number of esters is 1. The number of amides is 2. The predicted molar refractivity (Wildman–Crippen MR) is 160 cm³/mol. The minimum Gasteiger partial charge on any atom is -0.451 e. The topological polar surface area (TPSA) is 155 Å². The second-order valence-electron chi connectivity index (χ2n) is 10.3. The quantitative estimate of drug-likeness (QED) is 0.148. The number of aliphatic hydroxyl groups excluding tert-OH is 1. The largest absolute Gasteiger partial charge is 0.451 e. The average molecular weight is 626 g/mol. The number of allylic oxidation sites excluding steroid dienone is 1. The summed E-state index contributed by atoms with van der Waals surface area (Å²) in [5.74, 6) is -3.08. The zero-order valence-corrected chi connectivity index (χ0v) is 25.5. The maximum atomic E-state index is 13.5. The van der Waals surface area contributed by atoms with E-state index in [9.17, 15) is 29.1 Å². The summed E-state index contributed by atoms with van der Waals surface area (Å²) in [4.78, 5) is 64.3. The smallest absolute Gasteiger partial charge is 0.417 e. The average Bonchev–Trinajstić information content (AvgIpc) is 3.34. The summed E-state index contributed by atoms with van der Waals surface area (Å²) >= 11 is 0. The number of benzene rings is 2. The van der Waals surface area contributed by atoms with Gasteiger partial charge in [0.2, 0.25) is 0 Å². The Morgan fingerprint density at radius 3 is 2.29 bits per heavy atom. The van der Waals surface area contributed by atoms with Crippen LogP contribution in [0.25, 0.3) is 0 Å². The molecule has 3 rings (SSSR count). The summed E-state index contributed by atoms with van der Waals surface area (Å²) in [5.41, 5.74) is 1.64. The van der Waals surface area contributed by atoms with E-state index in [-0.39, 0.29) is 26.2 Å². The maximum Gasteiger partial charge on any atom is 0.417 e. The molecule has 1 fully saturated rings. The van der Waals surface area contributed by atoms with E-state index in [1.807, 2.05) is 30.3 Å². The van der Waals surface area contributed by atoms with E-state index in [1.165, 1.54) is 0 Å². The van der Waals surface area contributed by atoms with Crippen LogP contribution in [0.2, 0.25) is 0 Å². The van der Waals surface area contributed by atoms with Crippen LogP contribution in [0.1, 0.15) is 43.9 Å². The Kier molecular flexibility index (Phi) is 14.0. The van der Waals surface area contributed by atoms with E-state index in [2.05, 4.69) is 0 Å². The lowest BCUT2D eigenvalue weighted by Gasteiger charge is -2.27. The summed E-state index contributed by atoms with van der Waals surface area (Å²) in [7, 11) is 1.13. The van der Waals surface area contributed by atoms with Crippen molar-refractivity contribution in [2.75, 3.05) is 26.9 Å². The number of nitrogens with zero attached hydrogens (tertiary/aromatic N) is 1. The van der Waals surface area contributed by atoms with Gasteiger partial charge in [-0.3, -0.25) is 19.2 Å². The first-order valence-corrected chi connectivity index (χ1v) is 14.5. The van der Waals surface area contributed by atoms with Crippen molar-refractivity contribution in [3.05, 3.63) is 83.9 Å². The van der Waals surface area contributed by atoms with Gasteiger partial charge in [-0.05, 0) is 36.6 Å². The third-order valence-corrected chi connectivity index (χ3v) is 6.96. The summed E-state index contributed by atoms with van der Waals surface area (Å²) in [6.07, 6.45) is -3.33. The van der Waals surface area contributed by atoms with E-state index in [0.717, 1.165) is 36.6 Å². The number of ether oxygens (including phenoxy) is 5. The fourth-order valence-corrected chi connectivity index (χ4v) is 4.64. The lowest BCUT2D eigenvalue weighted by molar-refractivity contribution is -0.166. The van der Waals surface area contributed by atoms with Crippen molar-refractivity contribution in [3.63, 3.8) is 0 Å². The number of imide groups is 1. The molecule has 45 heavy (non-hydrogen) atoms. The summed E-state index contributed by atoms with van der Waals surface area (Å²) in [6.45, 7) is 3.11. The molecule has 1 N–H and O–H groups in total. The first-order valence-electron chi connectivity index (χ1n) is 14.5. The summed E-state index contributed by atoms with van der Waals surface area (Å²) in [5, 5.41) is 9.52. The van der Waals surface area contributed by atoms with Gasteiger partial charge in [-0.2, -0.15) is 0 Å². The van der Waals surface area contributed by atoms with Crippen LogP contribution in [-0.2, 0) is 49.5 Å². The number of hydrogen-bond acceptors (Lipinski definition) is 11. The molecule has 0 radical (unpaired) electrons. The fraction of sp³-hybridized carbons (Fsp3) is 0.424. The maximum absolute atomic E-state index is 13.5. The van der Waals surface area contributed by atoms with Crippen molar-refractivity contribution in [3.8, 4) is 0 Å². The molecule has 12 nitrogen and oxygen atoms in total. The third kappa shape index (κ3) is 10.4. The molecule has 2 aromatic rings. The van der Waals surface area contributed by atoms with Crippen LogP contribution >= 0.6 is 0 Å². The molecule has 0 spiro atoms. The molecule has 2 aromatic carbocycles. The van der Waals surface area contributed by atoms with E-state index in [1.54, 1.807) is 37.3 Å². The molecular weight excluding hydrogens is 586 g/mol. The molecule has 5 atom stereocenters. The van der Waals surface area contributed by atoms with Gasteiger partial charge in [0.25, 0.3) is 5.91 Å². The minimum absolute atomic E-state index is 0.0430. The van der Waals surface area contributed by atoms with Gasteiger partial charge >= 0.3 is 12.1 Å². The Morgan fingerprint density at radius 2 is 1.67 bits per heavy atom. The van der Waals surface area contributed by atoms with Crippen LogP contribution in [0.3, 0.4) is 0 Å². The second kappa shape index (κ2) is 17.9. The van der Waals surface area contributed by atoms with E-state index < -0.39 is 60.0 Å². The Balaban J connectivity index is 1.52. The highest BCUT2D eigenvalue weighted by atomic mass is 16.6. The van der Waals surface area contributed by atoms with E-state index in [0.29, 0.717) is 18.6 Å². The lowest BCUT2D eigenvalue weighted by atomic mass is 10.0. The number of cyclic esters (lactones) is 1. The second-order valence-corrected chi connectivity index (χ2v) is 10.3. The number of aliphatic hydroxyl groups is 1. The zero-order chi connectivity index (χ0) is 32.8. The van der Waals surface area contributed by atoms with Gasteiger partial charge in [0.05, 0.1) is 25.9 Å². The molecule has 0 aromatic heterocycles. The van der Waals surface area contributed by atoms with Crippen LogP contribution in [0.5, 0.6) is 0 Å². The number of carbonyl (C=O) groups excluding carboxylic acids is 5. The molecule has 0 aliphatic carbocycles. The van der Waals surface area contributed by atoms with Crippen molar-refractivity contribution in [2.45, 2.75) is 63.8 Å². The molecule has 1 aliphatic heterocycles. The first-order chi connectivity index (χ1) is 21.7. The highest BCUT2D eigenvalue weighted by Gasteiger charge is 2.48. The van der Waals surface area contributed by atoms with Gasteiger partial charge in [0.15, 0.2) is 23.8 Å². The van der Waals surface area contributed by atoms with Gasteiger partial charge in [-0.1, -0.05) is 60.7 Å². The van der Waals surface area contributed by atoms with Crippen molar-refractivity contribution < 1.29 is 52.8 Å². The van der Waals surface area contributed by atoms with Crippen molar-refractivity contribution in [2.24, 2.45) is 0 Å². The highest BCUT2D eigenvalue weighted by Crippen LogP contribution is 2.33. The normalized spacial score (nSPS) is 18.3. The molecule has 242 valence electrons. The number of ketones is 2. The fourth-order valence-electron chi connectivity index (χ4n) is 4.64. The first kappa shape index (κ1) is 35.3. The molecule has 0 saturated carbocycles. The van der Waals surface area contributed by atoms with Crippen molar-refractivity contribution >= 4 is 29.5 Å². The Bertz CT molecular complexity index is 1310. The Hall–Kier alpha value is -4.23. The summed E-state index contributed by atoms with van der Waals surface area (Å²) in [6, 6.07) is 17.6. The highest BCUT2D eigenvalue weighted by molar-refractivity contribution is 6.05. The molecular formula is C33H39NO11. The molecule has 12 heteroatoms. The number of rotatable bonds is 18. The molecule has 1 saturated heterocycles. The monoisotopic (exact) mass is 625 g/mol. The third-order valence-electron chi connectivity index (χ3n) is 6.96. The van der Waals surface area contributed by atoms with E-state index in [4.69, 9.17) is 23.7 Å². The van der Waals surface area contributed by atoms with E-state index >= 15 is 0 Å². The van der Waals surface area contributed by atoms with Gasteiger partial charge in [-0.15, -0.1) is 0 Å². The molecule has 1 aliphatic rings. The molecule has 0 bridgehead atoms. The Labute approximate surface area is 261 Å². The van der Waals surface area contributed by atoms with Crippen LogP contribution in [0.15, 0.2) is 72.8 Å². The van der Waals surface area contributed by atoms with Gasteiger partial charge in [-0.25, -0.2) is 9.69 Å². The van der Waals surface area contributed by atoms with Crippen LogP contribution < -0.4 is 0 Å². The zero-order valence-electron chi connectivity index (χ0n) is 25.5. The Morgan fingerprint density at radius 1 is 1.00 bits per heavy atom. The molecule has 2 amide bonds. The van der Waals surface area contributed by atoms with Crippen LogP contribution in [0.4, 0.5) is 4.79 Å². The SMILES string of the molecule is COC(C(=O)N1C(=O)OC(c2ccccc2)C1C)C(OC(C)=O)C(=O)C=CC(=O)CCCOCC(CO)OCc1ccccc1. The molecule has 5 unspecified atom stereocenters. The molecule has 1 heterocycles. The van der Waals surface area contributed by atoms with Crippen LogP contribution in [0, 0.1) is 0 Å². The standard InChI is InChI=1S/C33H39NO11/c1-22-29(25-13-8-5-9-14-25)45-33(40)34(22)32(39)31(41-3)30(44-23(2)36)28(38)17-16-26(37)15-10-18-42-21-27(19-35)43-20-24-11-6-4-7-12-24/h4-9,11-14,16-17,22,27,29-31,35H,10,15,18-21H2,1-3H3. The number of hydrogen-bond donors (Lipinski definition) is 1. The minimum atomic E-state index is -1.76. The van der Waals surface area contributed by atoms with Crippen molar-refractivity contribution in [1.29, 1.82) is 0 Å². The van der Waals surface area contributed by atoms with Crippen molar-refractivity contribution in [1.82, 2.24) is 4.90 Å². The van der Waals surface area contributed by atoms with Crippen LogP contribution in [-0.4, -0.2) is 90.8 Å². The summed E-state index contributed by atoms with van der Waals surface area (Å²) < 4.78 is 27.0. The van der Waals surface area contributed by atoms with Gasteiger partial charge in [0.1, 0.15) is 12.2 Å². The number of methoxy groups -OCH3 is 1. The predicted octanol–water partition coefficient (Wildman–Crippen LogP) is 3.11. The van der Waals surface area contributed by atoms with Gasteiger partial charge in [0, 0.05) is 27.1 Å². The number of carbonyl (C=O) groups is 5. The lowest BCUT2D eigenvalue weighted by Crippen LogP contribution is -2.52. The van der Waals surface area contributed by atoms with Gasteiger partial charge < -0.3 is 28.8 Å².